The molecule has 1 heterocycles. The molecule has 2 rings (SSSR count). The lowest BCUT2D eigenvalue weighted by Crippen LogP contribution is -2.38. The topological polar surface area (TPSA) is 84.2 Å². The standard InChI is InChI=1S/C16H19N3O3/c1-10-7-11(2)19(18-10)9-13-5-4-6-14(8-13)15(20)17-12(3)16(21)22/h4-8,12H,9H2,1-3H3,(H,17,20)(H,21,22)/t12-/m0/s1. The Balaban J connectivity index is 2.14. The molecule has 0 aliphatic rings. The number of carbonyl (C=O) groups excluding carboxylic acids is 1. The van der Waals surface area contributed by atoms with E-state index in [4.69, 9.17) is 5.11 Å². The number of carbonyl (C=O) groups is 2. The van der Waals surface area contributed by atoms with Gasteiger partial charge < -0.3 is 10.4 Å². The molecule has 1 amide bonds. The fourth-order valence-corrected chi connectivity index (χ4v) is 2.16. The number of hydrogen-bond donors (Lipinski definition) is 2. The molecule has 0 unspecified atom stereocenters. The first-order valence-corrected chi connectivity index (χ1v) is 7.00. The van der Waals surface area contributed by atoms with Crippen LogP contribution in [-0.4, -0.2) is 32.8 Å². The summed E-state index contributed by atoms with van der Waals surface area (Å²) in [7, 11) is 0. The van der Waals surface area contributed by atoms with E-state index in [0.29, 0.717) is 12.1 Å². The summed E-state index contributed by atoms with van der Waals surface area (Å²) in [5, 5.41) is 15.7. The second-order valence-corrected chi connectivity index (χ2v) is 5.32. The Hall–Kier alpha value is -2.63. The van der Waals surface area contributed by atoms with Crippen molar-refractivity contribution < 1.29 is 14.7 Å². The minimum atomic E-state index is -1.06. The van der Waals surface area contributed by atoms with Crippen LogP contribution in [0, 0.1) is 13.8 Å². The zero-order valence-electron chi connectivity index (χ0n) is 12.8. The van der Waals surface area contributed by atoms with E-state index in [0.717, 1.165) is 17.0 Å². The Morgan fingerprint density at radius 2 is 2.05 bits per heavy atom. The van der Waals surface area contributed by atoms with Crippen molar-refractivity contribution in [1.82, 2.24) is 15.1 Å². The molecule has 22 heavy (non-hydrogen) atoms. The Labute approximate surface area is 128 Å². The molecule has 0 saturated heterocycles. The monoisotopic (exact) mass is 301 g/mol. The number of aryl methyl sites for hydroxylation is 2. The summed E-state index contributed by atoms with van der Waals surface area (Å²) in [6.45, 7) is 5.90. The molecule has 0 saturated carbocycles. The van der Waals surface area contributed by atoms with E-state index < -0.39 is 17.9 Å². The van der Waals surface area contributed by atoms with Gasteiger partial charge in [0.25, 0.3) is 5.91 Å². The van der Waals surface area contributed by atoms with Gasteiger partial charge in [0.05, 0.1) is 12.2 Å². The predicted octanol–water partition coefficient (Wildman–Crippen LogP) is 1.75. The minimum Gasteiger partial charge on any atom is -0.480 e. The van der Waals surface area contributed by atoms with Gasteiger partial charge in [0.1, 0.15) is 6.04 Å². The Kier molecular flexibility index (Phi) is 4.60. The second-order valence-electron chi connectivity index (χ2n) is 5.32. The average molecular weight is 301 g/mol. The number of aliphatic carboxylic acids is 1. The summed E-state index contributed by atoms with van der Waals surface area (Å²) in [6, 6.07) is 8.17. The van der Waals surface area contributed by atoms with Crippen LogP contribution in [0.25, 0.3) is 0 Å². The van der Waals surface area contributed by atoms with Crippen LogP contribution in [0.5, 0.6) is 0 Å². The molecule has 1 atom stereocenters. The first-order valence-electron chi connectivity index (χ1n) is 7.00. The van der Waals surface area contributed by atoms with E-state index in [9.17, 15) is 9.59 Å². The number of carboxylic acids is 1. The number of nitrogens with one attached hydrogen (secondary N) is 1. The number of benzene rings is 1. The van der Waals surface area contributed by atoms with Gasteiger partial charge in [0.2, 0.25) is 0 Å². The van der Waals surface area contributed by atoms with Crippen molar-refractivity contribution in [2.45, 2.75) is 33.4 Å². The number of aromatic nitrogens is 2. The molecule has 0 aliphatic heterocycles. The van der Waals surface area contributed by atoms with Crippen molar-refractivity contribution in [3.8, 4) is 0 Å². The fraction of sp³-hybridized carbons (Fsp3) is 0.312. The average Bonchev–Trinajstić information content (AvgIpc) is 2.77. The third kappa shape index (κ3) is 3.72. The van der Waals surface area contributed by atoms with Crippen LogP contribution in [0.3, 0.4) is 0 Å². The fourth-order valence-electron chi connectivity index (χ4n) is 2.16. The summed E-state index contributed by atoms with van der Waals surface area (Å²) < 4.78 is 1.87. The lowest BCUT2D eigenvalue weighted by molar-refractivity contribution is -0.138. The normalized spacial score (nSPS) is 12.0. The van der Waals surface area contributed by atoms with Gasteiger partial charge in [0, 0.05) is 11.3 Å². The van der Waals surface area contributed by atoms with Gasteiger partial charge in [-0.3, -0.25) is 14.3 Å². The molecule has 0 aliphatic carbocycles. The highest BCUT2D eigenvalue weighted by Crippen LogP contribution is 2.10. The van der Waals surface area contributed by atoms with Gasteiger partial charge in [0.15, 0.2) is 0 Å². The molecule has 116 valence electrons. The first-order chi connectivity index (χ1) is 10.4. The maximum atomic E-state index is 12.0. The third-order valence-electron chi connectivity index (χ3n) is 3.34. The van der Waals surface area contributed by atoms with Crippen LogP contribution in [0.4, 0.5) is 0 Å². The molecule has 0 fully saturated rings. The van der Waals surface area contributed by atoms with Gasteiger partial charge in [-0.15, -0.1) is 0 Å². The lowest BCUT2D eigenvalue weighted by Gasteiger charge is -2.10. The van der Waals surface area contributed by atoms with Gasteiger partial charge in [-0.05, 0) is 44.5 Å². The number of rotatable bonds is 5. The maximum Gasteiger partial charge on any atom is 0.325 e. The summed E-state index contributed by atoms with van der Waals surface area (Å²) in [4.78, 5) is 22.8. The van der Waals surface area contributed by atoms with Crippen LogP contribution in [0.1, 0.15) is 34.2 Å². The summed E-state index contributed by atoms with van der Waals surface area (Å²) in [5.74, 6) is -1.46. The Bertz CT molecular complexity index is 706. The van der Waals surface area contributed by atoms with E-state index >= 15 is 0 Å². The first kappa shape index (κ1) is 15.8. The molecular formula is C16H19N3O3. The van der Waals surface area contributed by atoms with E-state index in [1.807, 2.05) is 30.7 Å². The van der Waals surface area contributed by atoms with E-state index in [1.54, 1.807) is 18.2 Å². The van der Waals surface area contributed by atoms with Crippen LogP contribution in [0.15, 0.2) is 30.3 Å². The summed E-state index contributed by atoms with van der Waals surface area (Å²) >= 11 is 0. The highest BCUT2D eigenvalue weighted by atomic mass is 16.4. The summed E-state index contributed by atoms with van der Waals surface area (Å²) in [5.41, 5.74) is 3.36. The smallest absolute Gasteiger partial charge is 0.325 e. The van der Waals surface area contributed by atoms with Crippen molar-refractivity contribution in [2.24, 2.45) is 0 Å². The van der Waals surface area contributed by atoms with E-state index in [-0.39, 0.29) is 0 Å². The molecule has 0 bridgehead atoms. The molecule has 2 aromatic rings. The zero-order chi connectivity index (χ0) is 16.3. The Morgan fingerprint density at radius 1 is 1.32 bits per heavy atom. The van der Waals surface area contributed by atoms with Crippen molar-refractivity contribution in [3.05, 3.63) is 52.8 Å². The largest absolute Gasteiger partial charge is 0.480 e. The van der Waals surface area contributed by atoms with Crippen molar-refractivity contribution in [2.75, 3.05) is 0 Å². The van der Waals surface area contributed by atoms with Crippen LogP contribution in [0.2, 0.25) is 0 Å². The molecule has 1 aromatic carbocycles. The molecule has 1 aromatic heterocycles. The molecule has 0 spiro atoms. The molecular weight excluding hydrogens is 282 g/mol. The van der Waals surface area contributed by atoms with Crippen molar-refractivity contribution in [1.29, 1.82) is 0 Å². The zero-order valence-corrected chi connectivity index (χ0v) is 12.8. The van der Waals surface area contributed by atoms with Crippen molar-refractivity contribution >= 4 is 11.9 Å². The Morgan fingerprint density at radius 3 is 2.64 bits per heavy atom. The van der Waals surface area contributed by atoms with Gasteiger partial charge in [-0.2, -0.15) is 5.10 Å². The van der Waals surface area contributed by atoms with E-state index in [1.165, 1.54) is 6.92 Å². The number of amides is 1. The SMILES string of the molecule is Cc1cc(C)n(Cc2cccc(C(=O)N[C@@H](C)C(=O)O)c2)n1. The van der Waals surface area contributed by atoms with Gasteiger partial charge >= 0.3 is 5.97 Å². The lowest BCUT2D eigenvalue weighted by atomic mass is 10.1. The number of hydrogen-bond acceptors (Lipinski definition) is 3. The van der Waals surface area contributed by atoms with Crippen LogP contribution in [-0.2, 0) is 11.3 Å². The van der Waals surface area contributed by atoms with E-state index in [2.05, 4.69) is 10.4 Å². The number of nitrogens with zero attached hydrogens (tertiary/aromatic N) is 2. The number of carboxylic acid groups (broad SMARTS) is 1. The minimum absolute atomic E-state index is 0.398. The molecule has 6 heteroatoms. The third-order valence-corrected chi connectivity index (χ3v) is 3.34. The predicted molar refractivity (Wildman–Crippen MR) is 81.8 cm³/mol. The maximum absolute atomic E-state index is 12.0. The van der Waals surface area contributed by atoms with Crippen LogP contribution >= 0.6 is 0 Å². The highest BCUT2D eigenvalue weighted by molar-refractivity contribution is 5.96. The van der Waals surface area contributed by atoms with Crippen LogP contribution < -0.4 is 5.32 Å². The summed E-state index contributed by atoms with van der Waals surface area (Å²) in [6.07, 6.45) is 0. The van der Waals surface area contributed by atoms with Crippen molar-refractivity contribution in [3.63, 3.8) is 0 Å². The quantitative estimate of drug-likeness (QED) is 0.881. The second kappa shape index (κ2) is 6.43. The highest BCUT2D eigenvalue weighted by Gasteiger charge is 2.15. The molecule has 2 N–H and O–H groups in total. The van der Waals surface area contributed by atoms with Gasteiger partial charge in [-0.25, -0.2) is 0 Å². The molecule has 0 radical (unpaired) electrons. The molecule has 6 nitrogen and oxygen atoms in total. The van der Waals surface area contributed by atoms with Gasteiger partial charge in [-0.1, -0.05) is 12.1 Å².